The molecular weight excluding hydrogens is 444 g/mol. The van der Waals surface area contributed by atoms with Crippen molar-refractivity contribution in [3.63, 3.8) is 0 Å². The van der Waals surface area contributed by atoms with Crippen LogP contribution in [0.15, 0.2) is 72.3 Å². The molecule has 8 heteroatoms. The molecule has 1 unspecified atom stereocenters. The number of anilines is 1. The molecule has 1 fully saturated rings. The molecule has 31 heavy (non-hydrogen) atoms. The number of hydrogen-bond acceptors (Lipinski definition) is 4. The number of para-hydroxylation sites is 2. The average Bonchev–Trinajstić information content (AvgIpc) is 3.01. The van der Waals surface area contributed by atoms with Crippen molar-refractivity contribution in [2.45, 2.75) is 6.04 Å². The summed E-state index contributed by atoms with van der Waals surface area (Å²) in [6.07, 6.45) is 0. The van der Waals surface area contributed by atoms with Gasteiger partial charge in [-0.15, -0.1) is 0 Å². The normalized spacial score (nSPS) is 17.9. The van der Waals surface area contributed by atoms with Crippen molar-refractivity contribution in [2.75, 3.05) is 4.90 Å². The Morgan fingerprint density at radius 1 is 0.935 bits per heavy atom. The molecular formula is C23H14Cl2FNO4. The number of aromatic hydroxyl groups is 1. The number of ketones is 1. The van der Waals surface area contributed by atoms with Crippen LogP contribution in [0.5, 0.6) is 5.75 Å². The van der Waals surface area contributed by atoms with Gasteiger partial charge in [0, 0.05) is 5.56 Å². The van der Waals surface area contributed by atoms with E-state index in [0.717, 1.165) is 4.90 Å². The lowest BCUT2D eigenvalue weighted by Crippen LogP contribution is -2.29. The predicted molar refractivity (Wildman–Crippen MR) is 116 cm³/mol. The van der Waals surface area contributed by atoms with Crippen molar-refractivity contribution >= 4 is 46.3 Å². The summed E-state index contributed by atoms with van der Waals surface area (Å²) in [5, 5.41) is 21.7. The average molecular weight is 458 g/mol. The molecule has 0 spiro atoms. The molecule has 0 radical (unpaired) electrons. The van der Waals surface area contributed by atoms with Crippen LogP contribution in [0, 0.1) is 5.82 Å². The third kappa shape index (κ3) is 3.65. The van der Waals surface area contributed by atoms with Gasteiger partial charge in [0.15, 0.2) is 0 Å². The van der Waals surface area contributed by atoms with E-state index < -0.39 is 29.3 Å². The standard InChI is InChI=1S/C23H14Cl2FNO4/c24-15-10-7-13(11-16(15)25)21(29)19-20(12-5-8-14(26)9-6-12)27(23(31)22(19)30)17-3-1-2-4-18(17)28/h1-11,20,28-29H/b21-19-. The zero-order valence-corrected chi connectivity index (χ0v) is 17.2. The number of hydrogen-bond donors (Lipinski definition) is 2. The highest BCUT2D eigenvalue weighted by atomic mass is 35.5. The van der Waals surface area contributed by atoms with Gasteiger partial charge in [-0.2, -0.15) is 0 Å². The Balaban J connectivity index is 1.97. The van der Waals surface area contributed by atoms with Gasteiger partial charge in [-0.25, -0.2) is 4.39 Å². The lowest BCUT2D eigenvalue weighted by molar-refractivity contribution is -0.132. The van der Waals surface area contributed by atoms with E-state index in [1.165, 1.54) is 54.6 Å². The van der Waals surface area contributed by atoms with Gasteiger partial charge in [0.2, 0.25) is 0 Å². The molecule has 0 bridgehead atoms. The van der Waals surface area contributed by atoms with E-state index in [1.807, 2.05) is 0 Å². The van der Waals surface area contributed by atoms with Crippen molar-refractivity contribution in [3.05, 3.63) is 99.3 Å². The van der Waals surface area contributed by atoms with E-state index in [0.29, 0.717) is 5.56 Å². The summed E-state index contributed by atoms with van der Waals surface area (Å²) in [6.45, 7) is 0. The Hall–Kier alpha value is -3.35. The summed E-state index contributed by atoms with van der Waals surface area (Å²) in [6, 6.07) is 14.3. The molecule has 0 aromatic heterocycles. The number of halogens is 3. The number of phenolic OH excluding ortho intramolecular Hbond substituents is 1. The first-order chi connectivity index (χ1) is 14.8. The predicted octanol–water partition coefficient (Wildman–Crippen LogP) is 5.46. The fraction of sp³-hybridized carbons (Fsp3) is 0.0435. The largest absolute Gasteiger partial charge is 0.507 e. The number of aliphatic hydroxyl groups excluding tert-OH is 1. The van der Waals surface area contributed by atoms with Gasteiger partial charge in [-0.05, 0) is 48.0 Å². The summed E-state index contributed by atoms with van der Waals surface area (Å²) in [5.74, 6) is -3.11. The van der Waals surface area contributed by atoms with Gasteiger partial charge in [0.05, 0.1) is 27.3 Å². The van der Waals surface area contributed by atoms with Crippen molar-refractivity contribution in [1.29, 1.82) is 0 Å². The third-order valence-electron chi connectivity index (χ3n) is 4.96. The second-order valence-electron chi connectivity index (χ2n) is 6.84. The molecule has 0 saturated carbocycles. The van der Waals surface area contributed by atoms with Crippen LogP contribution in [0.4, 0.5) is 10.1 Å². The summed E-state index contributed by atoms with van der Waals surface area (Å²) < 4.78 is 13.5. The van der Waals surface area contributed by atoms with Crippen LogP contribution in [0.3, 0.4) is 0 Å². The van der Waals surface area contributed by atoms with E-state index in [-0.39, 0.29) is 32.6 Å². The van der Waals surface area contributed by atoms with Crippen molar-refractivity contribution in [1.82, 2.24) is 0 Å². The van der Waals surface area contributed by atoms with Crippen LogP contribution in [-0.2, 0) is 9.59 Å². The summed E-state index contributed by atoms with van der Waals surface area (Å²) >= 11 is 12.0. The minimum Gasteiger partial charge on any atom is -0.507 e. The number of amides is 1. The van der Waals surface area contributed by atoms with Gasteiger partial charge in [-0.3, -0.25) is 14.5 Å². The van der Waals surface area contributed by atoms with Gasteiger partial charge in [0.1, 0.15) is 17.3 Å². The number of phenols is 1. The highest BCUT2D eigenvalue weighted by Crippen LogP contribution is 2.44. The fourth-order valence-electron chi connectivity index (χ4n) is 3.51. The number of carbonyl (C=O) groups is 2. The number of nitrogens with zero attached hydrogens (tertiary/aromatic N) is 1. The smallest absolute Gasteiger partial charge is 0.300 e. The minimum absolute atomic E-state index is 0.0760. The van der Waals surface area contributed by atoms with Gasteiger partial charge in [-0.1, -0.05) is 47.5 Å². The number of benzene rings is 3. The fourth-order valence-corrected chi connectivity index (χ4v) is 3.81. The second-order valence-corrected chi connectivity index (χ2v) is 7.65. The molecule has 2 N–H and O–H groups in total. The SMILES string of the molecule is O=C1C(=O)N(c2ccccc2O)C(c2ccc(F)cc2)/C1=C(/O)c1ccc(Cl)c(Cl)c1. The zero-order valence-electron chi connectivity index (χ0n) is 15.7. The van der Waals surface area contributed by atoms with Gasteiger partial charge >= 0.3 is 0 Å². The number of aliphatic hydroxyl groups is 1. The van der Waals surface area contributed by atoms with E-state index in [1.54, 1.807) is 12.1 Å². The van der Waals surface area contributed by atoms with E-state index in [4.69, 9.17) is 23.2 Å². The summed E-state index contributed by atoms with van der Waals surface area (Å²) in [4.78, 5) is 27.0. The molecule has 3 aromatic rings. The Morgan fingerprint density at radius 2 is 1.61 bits per heavy atom. The molecule has 5 nitrogen and oxygen atoms in total. The summed E-state index contributed by atoms with van der Waals surface area (Å²) in [5.41, 5.74) is 0.396. The van der Waals surface area contributed by atoms with Crippen molar-refractivity contribution in [2.24, 2.45) is 0 Å². The van der Waals surface area contributed by atoms with Crippen molar-refractivity contribution < 1.29 is 24.2 Å². The van der Waals surface area contributed by atoms with E-state index >= 15 is 0 Å². The zero-order chi connectivity index (χ0) is 22.3. The van der Waals surface area contributed by atoms with Crippen LogP contribution in [0.1, 0.15) is 17.2 Å². The quantitative estimate of drug-likeness (QED) is 0.310. The maximum Gasteiger partial charge on any atom is 0.300 e. The first kappa shape index (κ1) is 20.9. The lowest BCUT2D eigenvalue weighted by Gasteiger charge is -2.26. The maximum atomic E-state index is 13.5. The molecule has 156 valence electrons. The molecule has 1 aliphatic heterocycles. The first-order valence-electron chi connectivity index (χ1n) is 9.09. The van der Waals surface area contributed by atoms with E-state index in [2.05, 4.69) is 0 Å². The van der Waals surface area contributed by atoms with E-state index in [9.17, 15) is 24.2 Å². The molecule has 3 aromatic carbocycles. The third-order valence-corrected chi connectivity index (χ3v) is 5.70. The van der Waals surface area contributed by atoms with Crippen LogP contribution in [0.25, 0.3) is 5.76 Å². The monoisotopic (exact) mass is 457 g/mol. The Labute approximate surface area is 186 Å². The molecule has 1 heterocycles. The lowest BCUT2D eigenvalue weighted by atomic mass is 9.95. The molecule has 0 aliphatic carbocycles. The minimum atomic E-state index is -1.11. The van der Waals surface area contributed by atoms with Crippen LogP contribution in [-0.4, -0.2) is 21.9 Å². The summed E-state index contributed by atoms with van der Waals surface area (Å²) in [7, 11) is 0. The number of Topliss-reactive ketones (excluding diaryl/α,β-unsaturated/α-hetero) is 1. The van der Waals surface area contributed by atoms with Gasteiger partial charge in [0.25, 0.3) is 11.7 Å². The molecule has 1 amide bonds. The Kier molecular flexibility index (Phi) is 5.43. The Morgan fingerprint density at radius 3 is 2.26 bits per heavy atom. The Bertz CT molecular complexity index is 1240. The molecule has 1 saturated heterocycles. The molecule has 4 rings (SSSR count). The maximum absolute atomic E-state index is 13.5. The van der Waals surface area contributed by atoms with Crippen LogP contribution in [0.2, 0.25) is 10.0 Å². The molecule has 1 atom stereocenters. The highest BCUT2D eigenvalue weighted by Gasteiger charge is 2.47. The molecule has 1 aliphatic rings. The highest BCUT2D eigenvalue weighted by molar-refractivity contribution is 6.52. The number of carbonyl (C=O) groups excluding carboxylic acids is 2. The topological polar surface area (TPSA) is 77.8 Å². The van der Waals surface area contributed by atoms with Gasteiger partial charge < -0.3 is 10.2 Å². The van der Waals surface area contributed by atoms with Crippen molar-refractivity contribution in [3.8, 4) is 5.75 Å². The van der Waals surface area contributed by atoms with Crippen LogP contribution < -0.4 is 4.90 Å². The first-order valence-corrected chi connectivity index (χ1v) is 9.85. The van der Waals surface area contributed by atoms with Crippen LogP contribution >= 0.6 is 23.2 Å². The number of rotatable bonds is 3. The second kappa shape index (κ2) is 8.06.